The van der Waals surface area contributed by atoms with E-state index in [1.807, 2.05) is 51.3 Å². The van der Waals surface area contributed by atoms with Gasteiger partial charge in [0.1, 0.15) is 6.10 Å². The fraction of sp³-hybridized carbons (Fsp3) is 0.684. The van der Waals surface area contributed by atoms with Gasteiger partial charge in [0.25, 0.3) is 0 Å². The summed E-state index contributed by atoms with van der Waals surface area (Å²) < 4.78 is 26.5. The van der Waals surface area contributed by atoms with Crippen LogP contribution in [0.1, 0.15) is 106 Å². The molecule has 1 saturated heterocycles. The molecule has 0 radical (unpaired) electrons. The molecule has 6 atom stereocenters. The second-order valence-corrected chi connectivity index (χ2v) is 21.6. The van der Waals surface area contributed by atoms with Crippen LogP contribution in [0.4, 0.5) is 0 Å². The Morgan fingerprint density at radius 1 is 1.15 bits per heavy atom. The molecule has 0 N–H and O–H groups in total. The van der Waals surface area contributed by atoms with Crippen LogP contribution in [0, 0.1) is 24.2 Å². The van der Waals surface area contributed by atoms with Gasteiger partial charge >= 0.3 is 5.97 Å². The SMILES string of the molecule is C=CC/C(C)=C\C[C@H](OC(=O)C[C@@H]1OC(C)(C)O[C@@H]([C@H](C)[C@@H](O[Si](C)(C)C(C)(C)C)[C@@H](C)C=C)C1(C)C)/C(C)=C/c1csc(C)n1. The van der Waals surface area contributed by atoms with E-state index in [4.69, 9.17) is 18.6 Å². The van der Waals surface area contributed by atoms with Crippen LogP contribution in [-0.2, 0) is 23.4 Å². The molecule has 0 unspecified atom stereocenters. The van der Waals surface area contributed by atoms with E-state index in [2.05, 4.69) is 92.7 Å². The monoisotopic (exact) mass is 673 g/mol. The molecule has 0 aliphatic carbocycles. The zero-order valence-corrected chi connectivity index (χ0v) is 33.1. The smallest absolute Gasteiger partial charge is 0.309 e. The number of ether oxygens (including phenoxy) is 3. The first-order valence-corrected chi connectivity index (χ1v) is 20.6. The predicted molar refractivity (Wildman–Crippen MR) is 196 cm³/mol. The number of allylic oxidation sites excluding steroid dienone is 2. The van der Waals surface area contributed by atoms with E-state index >= 15 is 0 Å². The molecule has 260 valence electrons. The van der Waals surface area contributed by atoms with Crippen LogP contribution >= 0.6 is 11.3 Å². The van der Waals surface area contributed by atoms with Crippen LogP contribution in [0.2, 0.25) is 18.1 Å². The molecule has 0 aromatic carbocycles. The van der Waals surface area contributed by atoms with Crippen molar-refractivity contribution in [3.63, 3.8) is 0 Å². The molecule has 0 saturated carbocycles. The fourth-order valence-electron chi connectivity index (χ4n) is 5.85. The van der Waals surface area contributed by atoms with E-state index in [0.717, 1.165) is 22.7 Å². The van der Waals surface area contributed by atoms with Crippen molar-refractivity contribution in [1.82, 2.24) is 4.98 Å². The van der Waals surface area contributed by atoms with Gasteiger partial charge in [0.05, 0.1) is 35.4 Å². The second-order valence-electron chi connectivity index (χ2n) is 15.8. The number of thiazole rings is 1. The average Bonchev–Trinajstić information content (AvgIpc) is 3.34. The van der Waals surface area contributed by atoms with Crippen LogP contribution in [-0.4, -0.2) is 49.5 Å². The zero-order chi connectivity index (χ0) is 35.3. The molecule has 2 heterocycles. The number of aryl methyl sites for hydroxylation is 1. The molecule has 0 amide bonds. The van der Waals surface area contributed by atoms with Crippen LogP contribution in [0.3, 0.4) is 0 Å². The van der Waals surface area contributed by atoms with Crippen LogP contribution in [0.25, 0.3) is 6.08 Å². The molecule has 6 nitrogen and oxygen atoms in total. The summed E-state index contributed by atoms with van der Waals surface area (Å²) in [6.45, 7) is 37.9. The highest BCUT2D eigenvalue weighted by Crippen LogP contribution is 2.47. The van der Waals surface area contributed by atoms with Crippen molar-refractivity contribution in [3.8, 4) is 0 Å². The molecule has 1 aromatic rings. The summed E-state index contributed by atoms with van der Waals surface area (Å²) in [5.74, 6) is -1.05. The van der Waals surface area contributed by atoms with Gasteiger partial charge < -0.3 is 18.6 Å². The van der Waals surface area contributed by atoms with Crippen molar-refractivity contribution < 1.29 is 23.4 Å². The molecule has 2 rings (SSSR count). The summed E-state index contributed by atoms with van der Waals surface area (Å²) in [5.41, 5.74) is 2.50. The van der Waals surface area contributed by atoms with Crippen LogP contribution in [0.5, 0.6) is 0 Å². The van der Waals surface area contributed by atoms with Gasteiger partial charge in [-0.25, -0.2) is 4.98 Å². The maximum absolute atomic E-state index is 13.8. The third-order valence-corrected chi connectivity index (χ3v) is 15.1. The second kappa shape index (κ2) is 16.0. The van der Waals surface area contributed by atoms with Crippen molar-refractivity contribution in [2.24, 2.45) is 17.3 Å². The lowest BCUT2D eigenvalue weighted by molar-refractivity contribution is -0.353. The molecule has 1 aliphatic heterocycles. The van der Waals surface area contributed by atoms with Crippen molar-refractivity contribution in [3.05, 3.63) is 58.6 Å². The van der Waals surface area contributed by atoms with Gasteiger partial charge in [-0.05, 0) is 76.7 Å². The van der Waals surface area contributed by atoms with Gasteiger partial charge in [0.15, 0.2) is 14.1 Å². The Bertz CT molecular complexity index is 1250. The molecule has 1 aromatic heterocycles. The van der Waals surface area contributed by atoms with E-state index in [-0.39, 0.29) is 41.5 Å². The first-order valence-electron chi connectivity index (χ1n) is 16.8. The van der Waals surface area contributed by atoms with Crippen LogP contribution in [0.15, 0.2) is 47.9 Å². The quantitative estimate of drug-likeness (QED) is 0.105. The first-order chi connectivity index (χ1) is 21.0. The van der Waals surface area contributed by atoms with E-state index in [1.165, 1.54) is 5.57 Å². The summed E-state index contributed by atoms with van der Waals surface area (Å²) in [4.78, 5) is 18.3. The van der Waals surface area contributed by atoms with Gasteiger partial charge in [0.2, 0.25) is 0 Å². The Morgan fingerprint density at radius 3 is 2.30 bits per heavy atom. The Morgan fingerprint density at radius 2 is 1.78 bits per heavy atom. The highest BCUT2D eigenvalue weighted by Gasteiger charge is 2.54. The molecule has 46 heavy (non-hydrogen) atoms. The average molecular weight is 674 g/mol. The lowest BCUT2D eigenvalue weighted by Crippen LogP contribution is -2.61. The lowest BCUT2D eigenvalue weighted by atomic mass is 9.70. The Kier molecular flexibility index (Phi) is 14.1. The van der Waals surface area contributed by atoms with E-state index in [1.54, 1.807) is 11.3 Å². The Balaban J connectivity index is 2.38. The Hall–Kier alpha value is -1.84. The predicted octanol–water partition coefficient (Wildman–Crippen LogP) is 10.5. The molecule has 0 bridgehead atoms. The van der Waals surface area contributed by atoms with Crippen molar-refractivity contribution in [1.29, 1.82) is 0 Å². The maximum Gasteiger partial charge on any atom is 0.309 e. The highest BCUT2D eigenvalue weighted by atomic mass is 32.1. The number of rotatable bonds is 15. The number of carbonyl (C=O) groups excluding carboxylic acids is 1. The number of hydrogen-bond acceptors (Lipinski definition) is 7. The number of hydrogen-bond donors (Lipinski definition) is 0. The topological polar surface area (TPSA) is 66.9 Å². The van der Waals surface area contributed by atoms with Crippen molar-refractivity contribution in [2.75, 3.05) is 0 Å². The molecule has 0 spiro atoms. The number of nitrogens with zero attached hydrogens (tertiary/aromatic N) is 1. The minimum atomic E-state index is -2.10. The number of carbonyl (C=O) groups is 1. The molecular formula is C38H63NO5SSi. The van der Waals surface area contributed by atoms with Crippen LogP contribution < -0.4 is 0 Å². The maximum atomic E-state index is 13.8. The highest BCUT2D eigenvalue weighted by molar-refractivity contribution is 7.09. The van der Waals surface area contributed by atoms with Crippen molar-refractivity contribution in [2.45, 2.75) is 151 Å². The van der Waals surface area contributed by atoms with E-state index in [0.29, 0.717) is 6.42 Å². The number of esters is 1. The summed E-state index contributed by atoms with van der Waals surface area (Å²) in [6, 6.07) is 0. The zero-order valence-electron chi connectivity index (χ0n) is 31.3. The molecule has 8 heteroatoms. The van der Waals surface area contributed by atoms with E-state index in [9.17, 15) is 4.79 Å². The lowest BCUT2D eigenvalue weighted by Gasteiger charge is -2.54. The third kappa shape index (κ3) is 10.8. The van der Waals surface area contributed by atoms with Gasteiger partial charge in [-0.3, -0.25) is 4.79 Å². The Labute approximate surface area is 285 Å². The minimum Gasteiger partial charge on any atom is -0.457 e. The van der Waals surface area contributed by atoms with Crippen molar-refractivity contribution >= 4 is 31.7 Å². The summed E-state index contributed by atoms with van der Waals surface area (Å²) in [6.07, 6.45) is 8.31. The summed E-state index contributed by atoms with van der Waals surface area (Å²) >= 11 is 1.60. The largest absolute Gasteiger partial charge is 0.457 e. The summed E-state index contributed by atoms with van der Waals surface area (Å²) in [7, 11) is -2.10. The number of aromatic nitrogens is 1. The summed E-state index contributed by atoms with van der Waals surface area (Å²) in [5, 5.41) is 3.08. The fourth-order valence-corrected chi connectivity index (χ4v) is 7.88. The molecular weight excluding hydrogens is 611 g/mol. The standard InChI is InChI=1S/C38H63NO5SSi/c1-17-19-25(3)20-21-31(27(5)22-30-24-45-29(7)39-30)41-33(40)23-32-37(11,12)35(43-38(13,14)42-32)28(6)34(26(4)18-2)44-46(15,16)36(8,9)10/h17-18,20,22,24,26,28,31-32,34-35H,1-2,19,21,23H2,3-16H3/b25-20-,27-22+/t26-,28+,31-,32-,34-,35-/m0/s1. The van der Waals surface area contributed by atoms with Gasteiger partial charge in [0, 0.05) is 23.1 Å². The normalized spacial score (nSPS) is 23.3. The molecule has 1 aliphatic rings. The van der Waals surface area contributed by atoms with Gasteiger partial charge in [-0.15, -0.1) is 24.5 Å². The van der Waals surface area contributed by atoms with Gasteiger partial charge in [-0.1, -0.05) is 72.3 Å². The van der Waals surface area contributed by atoms with Gasteiger partial charge in [-0.2, -0.15) is 0 Å². The third-order valence-electron chi connectivity index (χ3n) is 9.82. The first kappa shape index (κ1) is 40.3. The molecule has 1 fully saturated rings. The minimum absolute atomic E-state index is 0.0105. The van der Waals surface area contributed by atoms with E-state index < -0.39 is 31.7 Å².